The molecule has 0 radical (unpaired) electrons. The highest BCUT2D eigenvalue weighted by Gasteiger charge is 2.21. The molecule has 1 saturated heterocycles. The van der Waals surface area contributed by atoms with Crippen LogP contribution < -0.4 is 15.2 Å². The van der Waals surface area contributed by atoms with Gasteiger partial charge in [-0.2, -0.15) is 0 Å². The molecule has 1 heterocycles. The number of halogens is 1. The van der Waals surface area contributed by atoms with Gasteiger partial charge in [-0.1, -0.05) is 6.07 Å². The van der Waals surface area contributed by atoms with Crippen molar-refractivity contribution < 1.29 is 24.2 Å². The normalized spacial score (nSPS) is 14.4. The Morgan fingerprint density at radius 1 is 1.32 bits per heavy atom. The number of carbonyl (C=O) groups excluding carboxylic acids is 1. The van der Waals surface area contributed by atoms with Gasteiger partial charge in [0.05, 0.1) is 7.11 Å². The number of carbonyl (C=O) groups is 2. The molecule has 1 aliphatic rings. The van der Waals surface area contributed by atoms with Gasteiger partial charge in [-0.3, -0.25) is 10.2 Å². The average molecular weight is 412 g/mol. The Labute approximate surface area is 170 Å². The van der Waals surface area contributed by atoms with Gasteiger partial charge in [0.1, 0.15) is 0 Å². The molecule has 0 atom stereocenters. The summed E-state index contributed by atoms with van der Waals surface area (Å²) in [5, 5.41) is 16.1. The monoisotopic (exact) mass is 411 g/mol. The molecule has 0 saturated carbocycles. The summed E-state index contributed by atoms with van der Waals surface area (Å²) >= 11 is 0. The summed E-state index contributed by atoms with van der Waals surface area (Å²) in [7, 11) is 1.46. The Morgan fingerprint density at radius 2 is 2.00 bits per heavy atom. The predicted octanol–water partition coefficient (Wildman–Crippen LogP) is 2.51. The zero-order valence-corrected chi connectivity index (χ0v) is 16.5. The molecule has 0 bridgehead atoms. The lowest BCUT2D eigenvalue weighted by Gasteiger charge is -2.31. The van der Waals surface area contributed by atoms with E-state index >= 15 is 0 Å². The number of nitrogens with zero attached hydrogens (tertiary/aromatic N) is 1. The second-order valence-corrected chi connectivity index (χ2v) is 6.41. The number of methoxy groups -OCH3 is 1. The molecule has 0 spiro atoms. The molecule has 2 rings (SSSR count). The minimum Gasteiger partial charge on any atom is -0.493 e. The molecule has 0 unspecified atom stereocenters. The summed E-state index contributed by atoms with van der Waals surface area (Å²) in [6.45, 7) is 1.49. The van der Waals surface area contributed by atoms with Crippen LogP contribution in [0.5, 0.6) is 11.5 Å². The molecular formula is C19H26ClN3O5. The lowest BCUT2D eigenvalue weighted by atomic mass is 9.92. The molecule has 1 aliphatic heterocycles. The minimum atomic E-state index is -1.04. The van der Waals surface area contributed by atoms with E-state index in [1.807, 2.05) is 4.90 Å². The van der Waals surface area contributed by atoms with E-state index in [9.17, 15) is 9.59 Å². The van der Waals surface area contributed by atoms with Gasteiger partial charge in [0.2, 0.25) is 0 Å². The maximum atomic E-state index is 12.2. The van der Waals surface area contributed by atoms with Gasteiger partial charge in [0, 0.05) is 25.6 Å². The van der Waals surface area contributed by atoms with Crippen molar-refractivity contribution in [2.75, 3.05) is 20.2 Å². The van der Waals surface area contributed by atoms with Crippen molar-refractivity contribution in [2.45, 2.75) is 25.7 Å². The molecule has 9 heteroatoms. The number of aliphatic carboxylic acids is 1. The first-order valence-corrected chi connectivity index (χ1v) is 8.77. The summed E-state index contributed by atoms with van der Waals surface area (Å²) in [4.78, 5) is 24.6. The van der Waals surface area contributed by atoms with Gasteiger partial charge in [-0.25, -0.2) is 4.79 Å². The van der Waals surface area contributed by atoms with E-state index in [-0.39, 0.29) is 24.3 Å². The number of hydrogen-bond donors (Lipinski definition) is 3. The standard InChI is InChI=1S/C19H25N3O5.ClH/c1-26-16-12-14(3-6-17(23)24)2-5-15(16)27-18(25)7-4-13-8-10-22(11-9-13)19(20)21;/h2-3,5-6,12-13H,4,7-11H2,1H3,(H3,20,21)(H,23,24);1H. The lowest BCUT2D eigenvalue weighted by molar-refractivity contribution is -0.135. The number of ether oxygens (including phenoxy) is 2. The molecule has 1 fully saturated rings. The fraction of sp³-hybridized carbons (Fsp3) is 0.421. The summed E-state index contributed by atoms with van der Waals surface area (Å²) in [6, 6.07) is 4.85. The van der Waals surface area contributed by atoms with E-state index in [1.165, 1.54) is 13.2 Å². The first-order chi connectivity index (χ1) is 12.9. The summed E-state index contributed by atoms with van der Waals surface area (Å²) in [5.74, 6) is -0.193. The predicted molar refractivity (Wildman–Crippen MR) is 108 cm³/mol. The molecule has 0 aromatic heterocycles. The Bertz CT molecular complexity index is 730. The third-order valence-corrected chi connectivity index (χ3v) is 4.54. The molecule has 4 N–H and O–H groups in total. The zero-order chi connectivity index (χ0) is 19.8. The van der Waals surface area contributed by atoms with E-state index in [0.717, 1.165) is 38.4 Å². The fourth-order valence-corrected chi connectivity index (χ4v) is 3.00. The van der Waals surface area contributed by atoms with Crippen LogP contribution in [0.2, 0.25) is 0 Å². The third kappa shape index (κ3) is 7.11. The molecule has 0 aliphatic carbocycles. The highest BCUT2D eigenvalue weighted by atomic mass is 35.5. The van der Waals surface area contributed by atoms with E-state index in [1.54, 1.807) is 18.2 Å². The van der Waals surface area contributed by atoms with Crippen LogP contribution in [-0.4, -0.2) is 48.1 Å². The maximum absolute atomic E-state index is 12.2. The topological polar surface area (TPSA) is 126 Å². The minimum absolute atomic E-state index is 0. The van der Waals surface area contributed by atoms with Crippen molar-refractivity contribution in [3.63, 3.8) is 0 Å². The van der Waals surface area contributed by atoms with Crippen LogP contribution in [-0.2, 0) is 9.59 Å². The number of guanidine groups is 1. The lowest BCUT2D eigenvalue weighted by Crippen LogP contribution is -2.42. The molecular weight excluding hydrogens is 386 g/mol. The summed E-state index contributed by atoms with van der Waals surface area (Å²) in [6.07, 6.45) is 5.30. The Kier molecular flexibility index (Phi) is 9.31. The third-order valence-electron chi connectivity index (χ3n) is 4.54. The zero-order valence-electron chi connectivity index (χ0n) is 15.7. The number of piperidine rings is 1. The number of carboxylic acid groups (broad SMARTS) is 1. The quantitative estimate of drug-likeness (QED) is 0.207. The van der Waals surface area contributed by atoms with E-state index in [2.05, 4.69) is 0 Å². The van der Waals surface area contributed by atoms with Crippen LogP contribution in [0.1, 0.15) is 31.2 Å². The van der Waals surface area contributed by atoms with E-state index in [0.29, 0.717) is 29.4 Å². The maximum Gasteiger partial charge on any atom is 0.328 e. The molecule has 28 heavy (non-hydrogen) atoms. The van der Waals surface area contributed by atoms with Gasteiger partial charge in [-0.05, 0) is 49.0 Å². The smallest absolute Gasteiger partial charge is 0.328 e. The second-order valence-electron chi connectivity index (χ2n) is 6.41. The Morgan fingerprint density at radius 3 is 2.57 bits per heavy atom. The first kappa shape index (κ1) is 23.3. The molecule has 154 valence electrons. The van der Waals surface area contributed by atoms with Gasteiger partial charge in [-0.15, -0.1) is 12.4 Å². The van der Waals surface area contributed by atoms with Crippen LogP contribution in [0, 0.1) is 11.3 Å². The summed E-state index contributed by atoms with van der Waals surface area (Å²) < 4.78 is 10.6. The van der Waals surface area contributed by atoms with Crippen LogP contribution >= 0.6 is 12.4 Å². The van der Waals surface area contributed by atoms with Gasteiger partial charge in [0.25, 0.3) is 0 Å². The van der Waals surface area contributed by atoms with Gasteiger partial charge < -0.3 is 25.2 Å². The van der Waals surface area contributed by atoms with E-state index in [4.69, 9.17) is 25.7 Å². The van der Waals surface area contributed by atoms with Crippen molar-refractivity contribution in [1.29, 1.82) is 5.41 Å². The number of likely N-dealkylation sites (tertiary alicyclic amines) is 1. The van der Waals surface area contributed by atoms with Crippen LogP contribution in [0.4, 0.5) is 0 Å². The highest BCUT2D eigenvalue weighted by Crippen LogP contribution is 2.29. The number of hydrogen-bond acceptors (Lipinski definition) is 5. The SMILES string of the molecule is COc1cc(C=CC(=O)O)ccc1OC(=O)CCC1CCN(C(=N)N)CC1.Cl. The largest absolute Gasteiger partial charge is 0.493 e. The van der Waals surface area contributed by atoms with Crippen molar-refractivity contribution in [1.82, 2.24) is 4.90 Å². The number of esters is 1. The van der Waals surface area contributed by atoms with E-state index < -0.39 is 5.97 Å². The number of rotatable bonds is 7. The Hall–Kier alpha value is -2.74. The fourth-order valence-electron chi connectivity index (χ4n) is 3.00. The van der Waals surface area contributed by atoms with Crippen molar-refractivity contribution in [2.24, 2.45) is 11.7 Å². The molecule has 8 nitrogen and oxygen atoms in total. The molecule has 0 amide bonds. The summed E-state index contributed by atoms with van der Waals surface area (Å²) in [5.41, 5.74) is 6.11. The highest BCUT2D eigenvalue weighted by molar-refractivity contribution is 5.85. The second kappa shape index (κ2) is 11.2. The number of benzene rings is 1. The first-order valence-electron chi connectivity index (χ1n) is 8.77. The van der Waals surface area contributed by atoms with Gasteiger partial charge >= 0.3 is 11.9 Å². The number of nitrogens with two attached hydrogens (primary N) is 1. The van der Waals surface area contributed by atoms with Crippen LogP contribution in [0.15, 0.2) is 24.3 Å². The molecule has 1 aromatic carbocycles. The number of nitrogens with one attached hydrogen (secondary N) is 1. The number of carboxylic acids is 1. The van der Waals surface area contributed by atoms with Crippen LogP contribution in [0.3, 0.4) is 0 Å². The Balaban J connectivity index is 0.00000392. The van der Waals surface area contributed by atoms with Crippen molar-refractivity contribution in [3.8, 4) is 11.5 Å². The van der Waals surface area contributed by atoms with Gasteiger partial charge in [0.15, 0.2) is 17.5 Å². The van der Waals surface area contributed by atoms with Crippen molar-refractivity contribution in [3.05, 3.63) is 29.8 Å². The van der Waals surface area contributed by atoms with Crippen LogP contribution in [0.25, 0.3) is 6.08 Å². The van der Waals surface area contributed by atoms with Crippen molar-refractivity contribution >= 4 is 36.4 Å². The molecule has 1 aromatic rings. The average Bonchev–Trinajstić information content (AvgIpc) is 2.65.